The third-order valence-corrected chi connectivity index (χ3v) is 3.95. The largest absolute Gasteiger partial charge is 0.338 e. The number of carbonyl (C=O) groups is 1. The fraction of sp³-hybridized carbons (Fsp3) is 0.909. The van der Waals surface area contributed by atoms with E-state index < -0.39 is 0 Å². The number of piperidine rings is 1. The van der Waals surface area contributed by atoms with Gasteiger partial charge in [0.05, 0.1) is 0 Å². The summed E-state index contributed by atoms with van der Waals surface area (Å²) in [5.41, 5.74) is 0.0175. The van der Waals surface area contributed by atoms with E-state index in [2.05, 4.69) is 29.5 Å². The van der Waals surface area contributed by atoms with E-state index in [1.165, 1.54) is 12.8 Å². The van der Waals surface area contributed by atoms with Gasteiger partial charge in [-0.15, -0.1) is 0 Å². The minimum Gasteiger partial charge on any atom is -0.338 e. The van der Waals surface area contributed by atoms with Crippen LogP contribution in [-0.2, 0) is 0 Å². The highest BCUT2D eigenvalue weighted by Crippen LogP contribution is 2.31. The first-order valence-corrected chi connectivity index (χ1v) is 5.85. The zero-order chi connectivity index (χ0) is 10.9. The van der Waals surface area contributed by atoms with E-state index in [4.69, 9.17) is 0 Å². The summed E-state index contributed by atoms with van der Waals surface area (Å²) in [7, 11) is 2.17. The van der Waals surface area contributed by atoms with Crippen molar-refractivity contribution in [3.05, 3.63) is 0 Å². The van der Waals surface area contributed by atoms with Crippen LogP contribution in [0.5, 0.6) is 0 Å². The molecule has 86 valence electrons. The molecule has 1 unspecified atom stereocenters. The van der Waals surface area contributed by atoms with E-state index in [1.54, 1.807) is 0 Å². The molecule has 2 heterocycles. The van der Waals surface area contributed by atoms with Crippen LogP contribution in [0.1, 0.15) is 26.2 Å². The van der Waals surface area contributed by atoms with E-state index in [0.717, 1.165) is 26.1 Å². The van der Waals surface area contributed by atoms with Gasteiger partial charge in [0.2, 0.25) is 0 Å². The van der Waals surface area contributed by atoms with Crippen LogP contribution in [0.3, 0.4) is 0 Å². The van der Waals surface area contributed by atoms with Crippen molar-refractivity contribution in [2.24, 2.45) is 5.92 Å². The van der Waals surface area contributed by atoms with Crippen molar-refractivity contribution in [2.45, 2.75) is 31.7 Å². The second kappa shape index (κ2) is 4.00. The molecular weight excluding hydrogens is 190 g/mol. The predicted molar refractivity (Wildman–Crippen MR) is 59.8 cm³/mol. The molecule has 2 N–H and O–H groups in total. The molecular formula is C11H21N3O. The van der Waals surface area contributed by atoms with Crippen molar-refractivity contribution >= 4 is 6.03 Å². The number of nitrogens with one attached hydrogen (secondary N) is 2. The maximum absolute atomic E-state index is 11.4. The van der Waals surface area contributed by atoms with Crippen LogP contribution in [0.4, 0.5) is 4.79 Å². The van der Waals surface area contributed by atoms with Crippen LogP contribution in [0.25, 0.3) is 0 Å². The number of hydrogen-bond acceptors (Lipinski definition) is 2. The molecule has 2 rings (SSSR count). The molecule has 2 fully saturated rings. The summed E-state index contributed by atoms with van der Waals surface area (Å²) >= 11 is 0. The third-order valence-electron chi connectivity index (χ3n) is 3.95. The van der Waals surface area contributed by atoms with Gasteiger partial charge in [-0.1, -0.05) is 0 Å². The average molecular weight is 211 g/mol. The third kappa shape index (κ3) is 2.25. The fourth-order valence-electron chi connectivity index (χ4n) is 2.75. The van der Waals surface area contributed by atoms with E-state index in [0.29, 0.717) is 5.92 Å². The molecule has 0 aromatic heterocycles. The summed E-state index contributed by atoms with van der Waals surface area (Å²) in [6.45, 7) is 5.32. The van der Waals surface area contributed by atoms with Crippen molar-refractivity contribution in [3.8, 4) is 0 Å². The van der Waals surface area contributed by atoms with Gasteiger partial charge in [0.25, 0.3) is 0 Å². The van der Waals surface area contributed by atoms with Gasteiger partial charge in [0, 0.05) is 12.1 Å². The molecule has 0 aromatic carbocycles. The molecule has 0 aromatic rings. The van der Waals surface area contributed by atoms with E-state index in [9.17, 15) is 4.79 Å². The highest BCUT2D eigenvalue weighted by Gasteiger charge is 2.38. The van der Waals surface area contributed by atoms with Crippen LogP contribution in [0.2, 0.25) is 0 Å². The summed E-state index contributed by atoms with van der Waals surface area (Å²) in [5.74, 6) is 0.639. The number of nitrogens with zero attached hydrogens (tertiary/aromatic N) is 1. The van der Waals surface area contributed by atoms with Gasteiger partial charge in [-0.3, -0.25) is 0 Å². The molecule has 2 saturated heterocycles. The van der Waals surface area contributed by atoms with Crippen LogP contribution in [0, 0.1) is 5.92 Å². The van der Waals surface area contributed by atoms with Gasteiger partial charge >= 0.3 is 6.03 Å². The van der Waals surface area contributed by atoms with Crippen molar-refractivity contribution in [1.29, 1.82) is 0 Å². The molecule has 0 aliphatic carbocycles. The number of carbonyl (C=O) groups excluding carboxylic acids is 1. The molecule has 4 heteroatoms. The van der Waals surface area contributed by atoms with Gasteiger partial charge < -0.3 is 15.5 Å². The number of rotatable bonds is 1. The van der Waals surface area contributed by atoms with Gasteiger partial charge in [0.15, 0.2) is 0 Å². The Morgan fingerprint density at radius 1 is 1.40 bits per heavy atom. The summed E-state index contributed by atoms with van der Waals surface area (Å²) in [4.78, 5) is 13.7. The first-order chi connectivity index (χ1) is 7.10. The number of likely N-dealkylation sites (tertiary alicyclic amines) is 1. The second-order valence-electron chi connectivity index (χ2n) is 5.13. The molecule has 2 amide bonds. The monoisotopic (exact) mass is 211 g/mol. The predicted octanol–water partition coefficient (Wildman–Crippen LogP) is 0.790. The fourth-order valence-corrected chi connectivity index (χ4v) is 2.75. The molecule has 2 aliphatic rings. The Morgan fingerprint density at radius 3 is 2.67 bits per heavy atom. The van der Waals surface area contributed by atoms with Crippen molar-refractivity contribution < 1.29 is 4.79 Å². The standard InChI is InChI=1S/C11H21N3O/c1-11(5-6-12-10(15)13-11)9-3-7-14(2)8-4-9/h9H,3-8H2,1-2H3,(H2,12,13,15). The first kappa shape index (κ1) is 10.7. The minimum absolute atomic E-state index is 0.00248. The highest BCUT2D eigenvalue weighted by atomic mass is 16.2. The summed E-state index contributed by atoms with van der Waals surface area (Å²) < 4.78 is 0. The first-order valence-electron chi connectivity index (χ1n) is 5.85. The normalized spacial score (nSPS) is 34.7. The number of hydrogen-bond donors (Lipinski definition) is 2. The quantitative estimate of drug-likeness (QED) is 0.673. The number of amides is 2. The van der Waals surface area contributed by atoms with Crippen molar-refractivity contribution in [2.75, 3.05) is 26.7 Å². The van der Waals surface area contributed by atoms with E-state index >= 15 is 0 Å². The van der Waals surface area contributed by atoms with Gasteiger partial charge in [-0.25, -0.2) is 4.79 Å². The van der Waals surface area contributed by atoms with E-state index in [1.807, 2.05) is 0 Å². The molecule has 4 nitrogen and oxygen atoms in total. The molecule has 1 atom stereocenters. The SMILES string of the molecule is CN1CCC(C2(C)CCNC(=O)N2)CC1. The average Bonchev–Trinajstić information content (AvgIpc) is 2.18. The zero-order valence-corrected chi connectivity index (χ0v) is 9.68. The molecule has 15 heavy (non-hydrogen) atoms. The second-order valence-corrected chi connectivity index (χ2v) is 5.13. The summed E-state index contributed by atoms with van der Waals surface area (Å²) in [6.07, 6.45) is 3.45. The molecule has 0 spiro atoms. The smallest absolute Gasteiger partial charge is 0.315 e. The van der Waals surface area contributed by atoms with Crippen LogP contribution >= 0.6 is 0 Å². The topological polar surface area (TPSA) is 44.4 Å². The lowest BCUT2D eigenvalue weighted by atomic mass is 9.76. The summed E-state index contributed by atoms with van der Waals surface area (Å²) in [5, 5.41) is 5.93. The Labute approximate surface area is 91.4 Å². The minimum atomic E-state index is 0.00248. The van der Waals surface area contributed by atoms with Crippen LogP contribution in [0.15, 0.2) is 0 Å². The number of urea groups is 1. The molecule has 0 saturated carbocycles. The lowest BCUT2D eigenvalue weighted by Crippen LogP contribution is -2.61. The van der Waals surface area contributed by atoms with Crippen LogP contribution < -0.4 is 10.6 Å². The van der Waals surface area contributed by atoms with E-state index in [-0.39, 0.29) is 11.6 Å². The summed E-state index contributed by atoms with van der Waals surface area (Å²) in [6, 6.07) is 0.00248. The molecule has 0 radical (unpaired) electrons. The highest BCUT2D eigenvalue weighted by molar-refractivity contribution is 5.75. The Bertz CT molecular complexity index is 248. The van der Waals surface area contributed by atoms with Gasteiger partial charge in [-0.05, 0) is 52.2 Å². The van der Waals surface area contributed by atoms with Gasteiger partial charge in [0.1, 0.15) is 0 Å². The van der Waals surface area contributed by atoms with Gasteiger partial charge in [-0.2, -0.15) is 0 Å². The molecule has 0 bridgehead atoms. The Kier molecular flexibility index (Phi) is 2.87. The zero-order valence-electron chi connectivity index (χ0n) is 9.68. The van der Waals surface area contributed by atoms with Crippen LogP contribution in [-0.4, -0.2) is 43.2 Å². The Hall–Kier alpha value is -0.770. The molecule has 2 aliphatic heterocycles. The van der Waals surface area contributed by atoms with Crippen molar-refractivity contribution in [1.82, 2.24) is 15.5 Å². The lowest BCUT2D eigenvalue weighted by Gasteiger charge is -2.44. The maximum Gasteiger partial charge on any atom is 0.315 e. The Morgan fingerprint density at radius 2 is 2.07 bits per heavy atom. The maximum atomic E-state index is 11.4. The van der Waals surface area contributed by atoms with Crippen molar-refractivity contribution in [3.63, 3.8) is 0 Å². The lowest BCUT2D eigenvalue weighted by molar-refractivity contribution is 0.118. The Balaban J connectivity index is 1.98.